The Morgan fingerprint density at radius 1 is 0.562 bits per heavy atom. The first-order chi connectivity index (χ1) is 6.91. The molecule has 4 nitrogen and oxygen atoms in total. The van der Waals surface area contributed by atoms with Gasteiger partial charge in [0, 0.05) is 13.2 Å². The fourth-order valence-electron chi connectivity index (χ4n) is 1.33. The van der Waals surface area contributed by atoms with Crippen LogP contribution < -0.4 is 35.4 Å². The minimum atomic E-state index is 0. The summed E-state index contributed by atoms with van der Waals surface area (Å²) in [6.45, 7) is 5.22. The summed E-state index contributed by atoms with van der Waals surface area (Å²) in [6.07, 6.45) is 4.08. The van der Waals surface area contributed by atoms with Gasteiger partial charge in [0.05, 0.1) is 13.1 Å². The van der Waals surface area contributed by atoms with Gasteiger partial charge in [-0.1, -0.05) is 0 Å². The van der Waals surface area contributed by atoms with Crippen LogP contribution in [0.1, 0.15) is 25.7 Å². The van der Waals surface area contributed by atoms with Gasteiger partial charge in [0.15, 0.2) is 0 Å². The third-order valence-corrected chi connectivity index (χ3v) is 2.21. The van der Waals surface area contributed by atoms with Gasteiger partial charge in [-0.25, -0.2) is 0 Å². The van der Waals surface area contributed by atoms with E-state index in [9.17, 15) is 0 Å². The van der Waals surface area contributed by atoms with Crippen molar-refractivity contribution in [2.24, 2.45) is 0 Å². The number of nitrogens with two attached hydrogens (primary N) is 2. The van der Waals surface area contributed by atoms with Crippen molar-refractivity contribution in [3.05, 3.63) is 0 Å². The van der Waals surface area contributed by atoms with Crippen molar-refractivity contribution in [1.82, 2.24) is 0 Å². The van der Waals surface area contributed by atoms with E-state index in [1.54, 1.807) is 0 Å². The average molecular weight is 277 g/mol. The van der Waals surface area contributed by atoms with Crippen molar-refractivity contribution in [2.45, 2.75) is 25.7 Å². The van der Waals surface area contributed by atoms with E-state index in [1.165, 1.54) is 0 Å². The van der Waals surface area contributed by atoms with Gasteiger partial charge in [0.1, 0.15) is 13.1 Å². The van der Waals surface area contributed by atoms with E-state index in [0.717, 1.165) is 51.9 Å². The number of unbranched alkanes of at least 4 members (excludes halogenated alkanes) is 2. The molecule has 0 amide bonds. The molecular formula is C10H26Cl2N2O2. The Balaban J connectivity index is -0.000000845. The summed E-state index contributed by atoms with van der Waals surface area (Å²) in [6, 6.07) is 0. The Kier molecular flexibility index (Phi) is 28.2. The molecule has 0 radical (unpaired) electrons. The van der Waals surface area contributed by atoms with Crippen molar-refractivity contribution >= 4 is 0 Å². The van der Waals surface area contributed by atoms with Crippen molar-refractivity contribution in [2.75, 3.05) is 39.4 Å². The van der Waals surface area contributed by atoms with E-state index in [2.05, 4.69) is 10.6 Å². The van der Waals surface area contributed by atoms with Gasteiger partial charge in [-0.15, -0.1) is 0 Å². The average Bonchev–Trinajstić information content (AvgIpc) is 2.21. The maximum Gasteiger partial charge on any atom is 0.125 e. The number of aliphatic hydroxyl groups is 2. The molecule has 0 aromatic heterocycles. The highest BCUT2D eigenvalue weighted by molar-refractivity contribution is 4.33. The molecule has 0 unspecified atom stereocenters. The normalized spacial score (nSPS) is 9.38. The zero-order chi connectivity index (χ0) is 10.5. The Labute approximate surface area is 111 Å². The molecule has 0 fully saturated rings. The molecule has 0 aliphatic carbocycles. The third-order valence-electron chi connectivity index (χ3n) is 2.21. The van der Waals surface area contributed by atoms with Crippen LogP contribution in [0.25, 0.3) is 0 Å². The van der Waals surface area contributed by atoms with Gasteiger partial charge >= 0.3 is 0 Å². The molecule has 0 heterocycles. The monoisotopic (exact) mass is 276 g/mol. The lowest BCUT2D eigenvalue weighted by Gasteiger charge is -2.01. The molecule has 0 aliphatic heterocycles. The lowest BCUT2D eigenvalue weighted by atomic mass is 10.3. The molecule has 6 heteroatoms. The third kappa shape index (κ3) is 19.9. The molecule has 0 spiro atoms. The first-order valence-corrected chi connectivity index (χ1v) is 5.77. The molecule has 102 valence electrons. The highest BCUT2D eigenvalue weighted by Crippen LogP contribution is 1.79. The minimum absolute atomic E-state index is 0. The number of halogens is 2. The molecule has 0 aromatic rings. The first kappa shape index (κ1) is 21.7. The summed E-state index contributed by atoms with van der Waals surface area (Å²) in [4.78, 5) is 0. The predicted octanol–water partition coefficient (Wildman–Crippen LogP) is -8.33. The molecule has 0 saturated carbocycles. The van der Waals surface area contributed by atoms with Crippen molar-refractivity contribution in [3.63, 3.8) is 0 Å². The summed E-state index contributed by atoms with van der Waals surface area (Å²) in [7, 11) is 0. The number of rotatable bonds is 11. The van der Waals surface area contributed by atoms with Crippen LogP contribution in [-0.2, 0) is 0 Å². The van der Waals surface area contributed by atoms with Crippen molar-refractivity contribution < 1.29 is 45.7 Å². The number of aliphatic hydroxyl groups excluding tert-OH is 2. The molecule has 0 aliphatic rings. The van der Waals surface area contributed by atoms with Crippen LogP contribution in [0.2, 0.25) is 0 Å². The highest BCUT2D eigenvalue weighted by atomic mass is 35.5. The number of hydrogen-bond donors (Lipinski definition) is 4. The lowest BCUT2D eigenvalue weighted by Crippen LogP contribution is -3.00. The van der Waals surface area contributed by atoms with E-state index in [4.69, 9.17) is 10.2 Å². The van der Waals surface area contributed by atoms with Crippen LogP contribution in [0.3, 0.4) is 0 Å². The summed E-state index contributed by atoms with van der Waals surface area (Å²) in [5.74, 6) is 0. The minimum Gasteiger partial charge on any atom is -1.00 e. The molecule has 0 aromatic carbocycles. The quantitative estimate of drug-likeness (QED) is 0.283. The van der Waals surface area contributed by atoms with Crippen LogP contribution in [0, 0.1) is 0 Å². The fraction of sp³-hybridized carbons (Fsp3) is 1.00. The molecule has 16 heavy (non-hydrogen) atoms. The van der Waals surface area contributed by atoms with E-state index in [1.807, 2.05) is 0 Å². The van der Waals surface area contributed by atoms with Gasteiger partial charge in [-0.05, 0) is 25.7 Å². The van der Waals surface area contributed by atoms with Crippen molar-refractivity contribution in [1.29, 1.82) is 0 Å². The van der Waals surface area contributed by atoms with E-state index in [-0.39, 0.29) is 24.8 Å². The zero-order valence-electron chi connectivity index (χ0n) is 9.88. The Morgan fingerprint density at radius 2 is 0.938 bits per heavy atom. The molecular weight excluding hydrogens is 251 g/mol. The predicted molar refractivity (Wildman–Crippen MR) is 56.0 cm³/mol. The van der Waals surface area contributed by atoms with Crippen LogP contribution >= 0.6 is 0 Å². The first-order valence-electron chi connectivity index (χ1n) is 5.77. The second-order valence-electron chi connectivity index (χ2n) is 3.59. The summed E-state index contributed by atoms with van der Waals surface area (Å²) < 4.78 is 0. The van der Waals surface area contributed by atoms with Crippen LogP contribution in [0.4, 0.5) is 0 Å². The van der Waals surface area contributed by atoms with E-state index in [0.29, 0.717) is 13.2 Å². The number of quaternary nitrogens is 2. The maximum absolute atomic E-state index is 8.55. The van der Waals surface area contributed by atoms with Crippen molar-refractivity contribution in [3.8, 4) is 0 Å². The van der Waals surface area contributed by atoms with Gasteiger partial charge in [0.25, 0.3) is 0 Å². The highest BCUT2D eigenvalue weighted by Gasteiger charge is 1.94. The Morgan fingerprint density at radius 3 is 1.25 bits per heavy atom. The van der Waals surface area contributed by atoms with Gasteiger partial charge in [-0.2, -0.15) is 0 Å². The lowest BCUT2D eigenvalue weighted by molar-refractivity contribution is -0.723. The summed E-state index contributed by atoms with van der Waals surface area (Å²) >= 11 is 0. The largest absolute Gasteiger partial charge is 1.00 e. The summed E-state index contributed by atoms with van der Waals surface area (Å²) in [5, 5.41) is 21.7. The smallest absolute Gasteiger partial charge is 0.125 e. The zero-order valence-corrected chi connectivity index (χ0v) is 11.4. The Hall–Kier alpha value is 0.420. The van der Waals surface area contributed by atoms with Crippen LogP contribution in [0.5, 0.6) is 0 Å². The van der Waals surface area contributed by atoms with E-state index < -0.39 is 0 Å². The second-order valence-corrected chi connectivity index (χ2v) is 3.59. The molecule has 6 N–H and O–H groups in total. The van der Waals surface area contributed by atoms with Gasteiger partial charge < -0.3 is 45.7 Å². The standard InChI is InChI=1S/C10H24N2O2.2ClH/c13-9-3-1-5-11-7-8-12-6-2-4-10-14;;/h11-14H,1-10H2;2*1H. The second kappa shape index (κ2) is 20.8. The molecule has 0 rings (SSSR count). The number of hydrogen-bond acceptors (Lipinski definition) is 2. The fourth-order valence-corrected chi connectivity index (χ4v) is 1.33. The van der Waals surface area contributed by atoms with E-state index >= 15 is 0 Å². The molecule has 0 atom stereocenters. The van der Waals surface area contributed by atoms with Gasteiger partial charge in [0.2, 0.25) is 0 Å². The van der Waals surface area contributed by atoms with Crippen LogP contribution in [0.15, 0.2) is 0 Å². The SMILES string of the molecule is OCCCC[NH2+]CC[NH2+]CCCCO.[Cl-].[Cl-]. The summed E-state index contributed by atoms with van der Waals surface area (Å²) in [5.41, 5.74) is 0. The Bertz CT molecular complexity index is 98.8. The maximum atomic E-state index is 8.55. The molecule has 0 saturated heterocycles. The molecule has 0 bridgehead atoms. The van der Waals surface area contributed by atoms with Gasteiger partial charge in [-0.3, -0.25) is 0 Å². The van der Waals surface area contributed by atoms with Crippen LogP contribution in [-0.4, -0.2) is 49.6 Å². The topological polar surface area (TPSA) is 73.7 Å².